The molecule has 6 N–H and O–H groups in total. The van der Waals surface area contributed by atoms with Gasteiger partial charge in [-0.2, -0.15) is 0 Å². The van der Waals surface area contributed by atoms with Crippen LogP contribution in [0.5, 0.6) is 0 Å². The van der Waals surface area contributed by atoms with Crippen LogP contribution in [0.25, 0.3) is 44.3 Å². The third kappa shape index (κ3) is 11.1. The number of anilines is 3. The Bertz CT molecular complexity index is 2890. The number of halogens is 2. The standard InChI is InChI=1S/C24H23ClN6O2.C24H25ClN6.Fe/c25-21-14-27-24(29-23(21)20-13-26-22-7-2-1-6-19(20)22)28-17-8-10-30(11-9-17)15-16-4-3-5-18(12-16)31(32)33;25-21-14-28-24(30-23(21)20-13-27-22-7-2-1-6-19(20)22)29-18-8-10-31(11-9-18)15-16-4-3-5-17(26)12-16;/h1-7,12-14,17,26H,8-11,15H2,(H,27,28,29);1-7,12-14,18,27H,8-11,15,26H2,(H,28,29,30);. The average molecular weight is 952 g/mol. The van der Waals surface area contributed by atoms with Crippen molar-refractivity contribution in [1.29, 1.82) is 0 Å². The van der Waals surface area contributed by atoms with Gasteiger partial charge in [-0.1, -0.05) is 83.9 Å². The van der Waals surface area contributed by atoms with E-state index in [9.17, 15) is 10.1 Å². The molecule has 0 atom stereocenters. The molecule has 0 spiro atoms. The molecule has 8 aromatic rings. The Balaban J connectivity index is 0.000000175. The second-order valence-electron chi connectivity index (χ2n) is 16.3. The number of benzene rings is 4. The van der Waals surface area contributed by atoms with E-state index in [1.807, 2.05) is 73.1 Å². The second kappa shape index (κ2) is 20.8. The number of nitrogen functional groups attached to an aromatic ring is 1. The molecule has 2 fully saturated rings. The first kappa shape index (κ1) is 45.5. The molecule has 6 heterocycles. The van der Waals surface area contributed by atoms with E-state index in [1.54, 1.807) is 24.5 Å². The first-order valence-corrected chi connectivity index (χ1v) is 22.2. The van der Waals surface area contributed by atoms with E-state index < -0.39 is 0 Å². The van der Waals surface area contributed by atoms with Gasteiger partial charge < -0.3 is 26.3 Å². The molecular formula is C48H48Cl2FeN12O2. The number of piperidine rings is 2. The van der Waals surface area contributed by atoms with Crippen LogP contribution in [0.15, 0.2) is 122 Å². The maximum absolute atomic E-state index is 11.0. The van der Waals surface area contributed by atoms with Crippen LogP contribution in [0.1, 0.15) is 36.8 Å². The van der Waals surface area contributed by atoms with Gasteiger partial charge in [0.2, 0.25) is 11.9 Å². The second-order valence-corrected chi connectivity index (χ2v) is 17.2. The van der Waals surface area contributed by atoms with Crippen LogP contribution >= 0.6 is 23.2 Å². The van der Waals surface area contributed by atoms with E-state index in [-0.39, 0.29) is 33.7 Å². The van der Waals surface area contributed by atoms with E-state index in [1.165, 1.54) is 11.6 Å². The number of nitrogens with two attached hydrogens (primary N) is 1. The molecule has 10 rings (SSSR count). The van der Waals surface area contributed by atoms with Crippen molar-refractivity contribution in [3.8, 4) is 22.5 Å². The molecule has 17 heteroatoms. The summed E-state index contributed by atoms with van der Waals surface area (Å²) in [6, 6.07) is 31.8. The van der Waals surface area contributed by atoms with Crippen molar-refractivity contribution in [3.05, 3.63) is 153 Å². The van der Waals surface area contributed by atoms with Crippen LogP contribution < -0.4 is 16.4 Å². The zero-order chi connectivity index (χ0) is 44.0. The molecule has 2 saturated heterocycles. The van der Waals surface area contributed by atoms with Gasteiger partial charge in [-0.3, -0.25) is 19.9 Å². The van der Waals surface area contributed by atoms with Crippen LogP contribution in [0.2, 0.25) is 10.0 Å². The summed E-state index contributed by atoms with van der Waals surface area (Å²) in [7, 11) is 0. The topological polar surface area (TPSA) is 183 Å². The van der Waals surface area contributed by atoms with E-state index in [2.05, 4.69) is 58.6 Å². The number of aromatic nitrogens is 6. The Morgan fingerprint density at radius 2 is 1.12 bits per heavy atom. The zero-order valence-electron chi connectivity index (χ0n) is 35.4. The van der Waals surface area contributed by atoms with Crippen LogP contribution in [-0.4, -0.2) is 82.9 Å². The van der Waals surface area contributed by atoms with Gasteiger partial charge in [-0.05, 0) is 61.1 Å². The number of nitrogens with one attached hydrogen (secondary N) is 4. The fourth-order valence-electron chi connectivity index (χ4n) is 8.60. The molecule has 4 aromatic carbocycles. The van der Waals surface area contributed by atoms with Gasteiger partial charge in [0.1, 0.15) is 0 Å². The number of likely N-dealkylation sites (tertiary alicyclic amines) is 2. The summed E-state index contributed by atoms with van der Waals surface area (Å²) in [5, 5.41) is 21.2. The number of fused-ring (bicyclic) bond motifs is 2. The van der Waals surface area contributed by atoms with Crippen LogP contribution in [-0.2, 0) is 30.2 Å². The predicted molar refractivity (Wildman–Crippen MR) is 256 cm³/mol. The van der Waals surface area contributed by atoms with Crippen LogP contribution in [0, 0.1) is 10.1 Å². The number of nitro benzene ring substituents is 1. The van der Waals surface area contributed by atoms with Crippen molar-refractivity contribution in [3.63, 3.8) is 0 Å². The SMILES string of the molecule is Nc1cccc(CN2CCC(Nc3ncc(Cl)c(-c4c[nH]c5ccccc45)n3)CC2)c1.O=[N+]([O-])c1cccc(CN2CCC(Nc3ncc(Cl)c(-c4c[nH]c5ccccc45)n3)CC2)c1.[Fe]. The number of nitrogens with zero attached hydrogens (tertiary/aromatic N) is 7. The summed E-state index contributed by atoms with van der Waals surface area (Å²) in [4.78, 5) is 40.3. The zero-order valence-corrected chi connectivity index (χ0v) is 38.0. The molecule has 14 nitrogen and oxygen atoms in total. The fraction of sp³-hybridized carbons (Fsp3) is 0.250. The van der Waals surface area contributed by atoms with Crippen molar-refractivity contribution in [1.82, 2.24) is 39.7 Å². The van der Waals surface area contributed by atoms with Crippen molar-refractivity contribution in [2.75, 3.05) is 42.5 Å². The van der Waals surface area contributed by atoms with E-state index in [0.29, 0.717) is 40.2 Å². The number of rotatable bonds is 11. The molecular weight excluding hydrogens is 903 g/mol. The average Bonchev–Trinajstić information content (AvgIpc) is 3.94. The van der Waals surface area contributed by atoms with Gasteiger partial charge >= 0.3 is 0 Å². The van der Waals surface area contributed by atoms with Crippen LogP contribution in [0.3, 0.4) is 0 Å². The minimum atomic E-state index is -0.351. The van der Waals surface area contributed by atoms with E-state index in [0.717, 1.165) is 108 Å². The number of hydrogen-bond donors (Lipinski definition) is 5. The largest absolute Gasteiger partial charge is 0.399 e. The van der Waals surface area contributed by atoms with Gasteiger partial charge in [0, 0.05) is 132 Å². The van der Waals surface area contributed by atoms with E-state index in [4.69, 9.17) is 38.9 Å². The van der Waals surface area contributed by atoms with Crippen molar-refractivity contribution < 1.29 is 22.0 Å². The fourth-order valence-corrected chi connectivity index (χ4v) is 8.98. The van der Waals surface area contributed by atoms with Gasteiger partial charge in [-0.15, -0.1) is 0 Å². The molecule has 0 saturated carbocycles. The minimum absolute atomic E-state index is 0. The molecule has 0 aliphatic carbocycles. The summed E-state index contributed by atoms with van der Waals surface area (Å²) < 4.78 is 0. The van der Waals surface area contributed by atoms with E-state index >= 15 is 0 Å². The molecule has 2 aliphatic rings. The van der Waals surface area contributed by atoms with Gasteiger partial charge in [0.25, 0.3) is 5.69 Å². The maximum atomic E-state index is 11.0. The summed E-state index contributed by atoms with van der Waals surface area (Å²) >= 11 is 12.9. The predicted octanol–water partition coefficient (Wildman–Crippen LogP) is 10.2. The summed E-state index contributed by atoms with van der Waals surface area (Å²) in [5.74, 6) is 1.19. The molecule has 4 aromatic heterocycles. The third-order valence-electron chi connectivity index (χ3n) is 11.9. The summed E-state index contributed by atoms with van der Waals surface area (Å²) in [6.07, 6.45) is 11.2. The quantitative estimate of drug-likeness (QED) is 0.0360. The number of hydrogen-bond acceptors (Lipinski definition) is 11. The molecule has 334 valence electrons. The van der Waals surface area contributed by atoms with Crippen molar-refractivity contribution >= 4 is 68.3 Å². The van der Waals surface area contributed by atoms with Crippen molar-refractivity contribution in [2.45, 2.75) is 50.9 Å². The Morgan fingerprint density at radius 3 is 1.60 bits per heavy atom. The minimum Gasteiger partial charge on any atom is -0.399 e. The Hall–Kier alpha value is -6.06. The molecule has 0 amide bonds. The number of H-pyrrole nitrogens is 2. The van der Waals surface area contributed by atoms with Gasteiger partial charge in [-0.25, -0.2) is 19.9 Å². The maximum Gasteiger partial charge on any atom is 0.269 e. The van der Waals surface area contributed by atoms with Crippen LogP contribution in [0.4, 0.5) is 23.3 Å². The first-order valence-electron chi connectivity index (χ1n) is 21.5. The Morgan fingerprint density at radius 1 is 0.662 bits per heavy atom. The molecule has 0 unspecified atom stereocenters. The summed E-state index contributed by atoms with van der Waals surface area (Å²) in [6.45, 7) is 5.47. The monoisotopic (exact) mass is 950 g/mol. The Kier molecular flexibility index (Phi) is 14.6. The number of aromatic amines is 2. The number of para-hydroxylation sites is 2. The Labute approximate surface area is 397 Å². The molecule has 65 heavy (non-hydrogen) atoms. The van der Waals surface area contributed by atoms with Crippen molar-refractivity contribution in [2.24, 2.45) is 0 Å². The molecule has 0 radical (unpaired) electrons. The normalized spacial score (nSPS) is 15.0. The molecule has 0 bridgehead atoms. The molecule has 2 aliphatic heterocycles. The number of non-ortho nitro benzene ring substituents is 1. The number of nitro groups is 1. The first-order chi connectivity index (χ1) is 31.2. The third-order valence-corrected chi connectivity index (χ3v) is 12.5. The van der Waals surface area contributed by atoms with Gasteiger partial charge in [0.05, 0.1) is 38.8 Å². The van der Waals surface area contributed by atoms with Gasteiger partial charge in [0.15, 0.2) is 0 Å². The summed E-state index contributed by atoms with van der Waals surface area (Å²) in [5.41, 5.74) is 14.6. The smallest absolute Gasteiger partial charge is 0.269 e.